The van der Waals surface area contributed by atoms with Crippen LogP contribution < -0.4 is 15.5 Å². The van der Waals surface area contributed by atoms with Gasteiger partial charge in [0.1, 0.15) is 17.7 Å². The van der Waals surface area contributed by atoms with Gasteiger partial charge in [0.05, 0.1) is 5.69 Å². The number of rotatable bonds is 3. The fourth-order valence-electron chi connectivity index (χ4n) is 2.57. The molecule has 1 aliphatic rings. The predicted molar refractivity (Wildman–Crippen MR) is 85.7 cm³/mol. The number of hydrogen-bond donors (Lipinski definition) is 2. The molecular formula is C17H15F2N3O2. The molecule has 0 radical (unpaired) electrons. The van der Waals surface area contributed by atoms with E-state index in [0.717, 1.165) is 0 Å². The van der Waals surface area contributed by atoms with E-state index >= 15 is 0 Å². The Morgan fingerprint density at radius 3 is 2.50 bits per heavy atom. The van der Waals surface area contributed by atoms with Gasteiger partial charge in [-0.1, -0.05) is 12.1 Å². The van der Waals surface area contributed by atoms with Gasteiger partial charge in [-0.05, 0) is 42.8 Å². The van der Waals surface area contributed by atoms with Gasteiger partial charge in [0.25, 0.3) is 0 Å². The molecular weight excluding hydrogens is 316 g/mol. The highest BCUT2D eigenvalue weighted by Gasteiger charge is 2.33. The van der Waals surface area contributed by atoms with Gasteiger partial charge >= 0.3 is 6.03 Å². The molecule has 0 saturated carbocycles. The van der Waals surface area contributed by atoms with Gasteiger partial charge in [-0.3, -0.25) is 4.79 Å². The monoisotopic (exact) mass is 331 g/mol. The van der Waals surface area contributed by atoms with Crippen molar-refractivity contribution in [3.05, 3.63) is 60.2 Å². The van der Waals surface area contributed by atoms with E-state index in [1.54, 1.807) is 6.07 Å². The molecule has 1 fully saturated rings. The Morgan fingerprint density at radius 2 is 1.79 bits per heavy atom. The fourth-order valence-corrected chi connectivity index (χ4v) is 2.57. The van der Waals surface area contributed by atoms with E-state index < -0.39 is 17.9 Å². The minimum Gasteiger partial charge on any atom is -0.326 e. The summed E-state index contributed by atoms with van der Waals surface area (Å²) in [6.07, 6.45) is 0.418. The standard InChI is InChI=1S/C17H15F2N3O2/c18-11-5-7-12(8-6-11)22-10-9-15(16(22)23)21-17(24)20-14-4-2-1-3-13(14)19/h1-8,15H,9-10H2,(H2,20,21,24)/t15-/m1/s1. The third-order valence-electron chi connectivity index (χ3n) is 3.77. The third-order valence-corrected chi connectivity index (χ3v) is 3.77. The minimum atomic E-state index is -0.707. The van der Waals surface area contributed by atoms with E-state index in [4.69, 9.17) is 0 Å². The van der Waals surface area contributed by atoms with Crippen molar-refractivity contribution < 1.29 is 18.4 Å². The molecule has 3 rings (SSSR count). The van der Waals surface area contributed by atoms with E-state index in [9.17, 15) is 18.4 Å². The topological polar surface area (TPSA) is 61.4 Å². The molecule has 124 valence electrons. The number of urea groups is 1. The highest BCUT2D eigenvalue weighted by atomic mass is 19.1. The second-order valence-electron chi connectivity index (χ2n) is 5.39. The summed E-state index contributed by atoms with van der Waals surface area (Å²) in [6, 6.07) is 9.96. The Morgan fingerprint density at radius 1 is 1.08 bits per heavy atom. The number of amides is 3. The number of nitrogens with one attached hydrogen (secondary N) is 2. The quantitative estimate of drug-likeness (QED) is 0.908. The normalized spacial score (nSPS) is 17.0. The third kappa shape index (κ3) is 3.34. The summed E-state index contributed by atoms with van der Waals surface area (Å²) < 4.78 is 26.5. The van der Waals surface area contributed by atoms with Crippen molar-refractivity contribution in [3.8, 4) is 0 Å². The van der Waals surface area contributed by atoms with Crippen molar-refractivity contribution in [2.75, 3.05) is 16.8 Å². The number of halogens is 2. The summed E-state index contributed by atoms with van der Waals surface area (Å²) in [5.41, 5.74) is 0.607. The van der Waals surface area contributed by atoms with Gasteiger partial charge in [-0.25, -0.2) is 13.6 Å². The van der Waals surface area contributed by atoms with E-state index in [0.29, 0.717) is 18.7 Å². The molecule has 0 bridgehead atoms. The van der Waals surface area contributed by atoms with E-state index in [1.807, 2.05) is 0 Å². The van der Waals surface area contributed by atoms with Gasteiger partial charge in [0.15, 0.2) is 0 Å². The molecule has 2 aromatic rings. The zero-order chi connectivity index (χ0) is 17.1. The van der Waals surface area contributed by atoms with E-state index in [2.05, 4.69) is 10.6 Å². The van der Waals surface area contributed by atoms with Gasteiger partial charge < -0.3 is 15.5 Å². The summed E-state index contributed by atoms with van der Waals surface area (Å²) in [5, 5.41) is 4.91. The van der Waals surface area contributed by atoms with Crippen LogP contribution in [0, 0.1) is 11.6 Å². The Balaban J connectivity index is 1.62. The molecule has 1 aliphatic heterocycles. The van der Waals surface area contributed by atoms with Crippen LogP contribution in [-0.2, 0) is 4.79 Å². The molecule has 1 saturated heterocycles. The van der Waals surface area contributed by atoms with Crippen LogP contribution in [0.1, 0.15) is 6.42 Å². The molecule has 24 heavy (non-hydrogen) atoms. The maximum atomic E-state index is 13.5. The number of carbonyl (C=O) groups excluding carboxylic acids is 2. The predicted octanol–water partition coefficient (Wildman–Crippen LogP) is 2.89. The molecule has 2 N–H and O–H groups in total. The van der Waals surface area contributed by atoms with Crippen molar-refractivity contribution >= 4 is 23.3 Å². The Bertz CT molecular complexity index is 765. The summed E-state index contributed by atoms with van der Waals surface area (Å²) in [5.74, 6) is -1.23. The van der Waals surface area contributed by atoms with Crippen LogP contribution in [-0.4, -0.2) is 24.5 Å². The fraction of sp³-hybridized carbons (Fsp3) is 0.176. The molecule has 0 spiro atoms. The minimum absolute atomic E-state index is 0.0378. The molecule has 3 amide bonds. The highest BCUT2D eigenvalue weighted by molar-refractivity contribution is 6.02. The average molecular weight is 331 g/mol. The smallest absolute Gasteiger partial charge is 0.319 e. The summed E-state index contributed by atoms with van der Waals surface area (Å²) in [6.45, 7) is 0.412. The first-order valence-electron chi connectivity index (χ1n) is 7.43. The van der Waals surface area contributed by atoms with Gasteiger partial charge in [-0.15, -0.1) is 0 Å². The highest BCUT2D eigenvalue weighted by Crippen LogP contribution is 2.22. The van der Waals surface area contributed by atoms with Gasteiger partial charge in [0, 0.05) is 12.2 Å². The van der Waals surface area contributed by atoms with E-state index in [-0.39, 0.29) is 17.4 Å². The van der Waals surface area contributed by atoms with Crippen molar-refractivity contribution in [2.24, 2.45) is 0 Å². The van der Waals surface area contributed by atoms with Crippen LogP contribution in [0.2, 0.25) is 0 Å². The van der Waals surface area contributed by atoms with Crippen molar-refractivity contribution in [1.29, 1.82) is 0 Å². The van der Waals surface area contributed by atoms with Crippen molar-refractivity contribution in [2.45, 2.75) is 12.5 Å². The molecule has 0 unspecified atom stereocenters. The largest absolute Gasteiger partial charge is 0.326 e. The number of anilines is 2. The Kier molecular flexibility index (Phi) is 4.41. The number of hydrogen-bond acceptors (Lipinski definition) is 2. The SMILES string of the molecule is O=C(Nc1ccccc1F)N[C@@H]1CCN(c2ccc(F)cc2)C1=O. The van der Waals surface area contributed by atoms with Crippen LogP contribution in [0.5, 0.6) is 0 Å². The lowest BCUT2D eigenvalue weighted by molar-refractivity contribution is -0.118. The molecule has 2 aromatic carbocycles. The molecule has 7 heteroatoms. The molecule has 5 nitrogen and oxygen atoms in total. The molecule has 1 heterocycles. The van der Waals surface area contributed by atoms with E-state index in [1.165, 1.54) is 47.4 Å². The average Bonchev–Trinajstić information content (AvgIpc) is 2.91. The zero-order valence-electron chi connectivity index (χ0n) is 12.6. The van der Waals surface area contributed by atoms with Crippen molar-refractivity contribution in [3.63, 3.8) is 0 Å². The Hall–Kier alpha value is -2.96. The van der Waals surface area contributed by atoms with Gasteiger partial charge in [0.2, 0.25) is 5.91 Å². The number of benzene rings is 2. The van der Waals surface area contributed by atoms with Crippen LogP contribution in [0.4, 0.5) is 25.0 Å². The first-order chi connectivity index (χ1) is 11.5. The summed E-state index contributed by atoms with van der Waals surface area (Å²) >= 11 is 0. The lowest BCUT2D eigenvalue weighted by Gasteiger charge is -2.17. The summed E-state index contributed by atoms with van der Waals surface area (Å²) in [7, 11) is 0. The van der Waals surface area contributed by atoms with Crippen molar-refractivity contribution in [1.82, 2.24) is 5.32 Å². The lowest BCUT2D eigenvalue weighted by atomic mass is 10.2. The first kappa shape index (κ1) is 15.9. The van der Waals surface area contributed by atoms with Gasteiger partial charge in [-0.2, -0.15) is 0 Å². The number of nitrogens with zero attached hydrogens (tertiary/aromatic N) is 1. The van der Waals surface area contributed by atoms with Crippen LogP contribution >= 0.6 is 0 Å². The molecule has 0 aliphatic carbocycles. The maximum Gasteiger partial charge on any atom is 0.319 e. The number of carbonyl (C=O) groups is 2. The number of para-hydroxylation sites is 1. The zero-order valence-corrected chi connectivity index (χ0v) is 12.6. The lowest BCUT2D eigenvalue weighted by Crippen LogP contribution is -2.43. The van der Waals surface area contributed by atoms with Crippen LogP contribution in [0.25, 0.3) is 0 Å². The first-order valence-corrected chi connectivity index (χ1v) is 7.43. The molecule has 1 atom stereocenters. The molecule has 0 aromatic heterocycles. The second kappa shape index (κ2) is 6.66. The summed E-state index contributed by atoms with van der Waals surface area (Å²) in [4.78, 5) is 25.8. The maximum absolute atomic E-state index is 13.5. The second-order valence-corrected chi connectivity index (χ2v) is 5.39. The van der Waals surface area contributed by atoms with Crippen LogP contribution in [0.3, 0.4) is 0 Å². The Labute approximate surface area is 137 Å². The van der Waals surface area contributed by atoms with Crippen LogP contribution in [0.15, 0.2) is 48.5 Å².